The molecule has 0 saturated carbocycles. The van der Waals surface area contributed by atoms with Gasteiger partial charge in [-0.05, 0) is 34.5 Å². The SMILES string of the molecule is O=C1C(=O)N(Cc2csc3ccccc23)c2ccccc21. The lowest BCUT2D eigenvalue weighted by atomic mass is 10.1. The lowest BCUT2D eigenvalue weighted by molar-refractivity contribution is -0.114. The minimum Gasteiger partial charge on any atom is -0.300 e. The number of hydrogen-bond donors (Lipinski definition) is 0. The molecule has 1 aliphatic heterocycles. The van der Waals surface area contributed by atoms with Crippen molar-refractivity contribution in [1.29, 1.82) is 0 Å². The van der Waals surface area contributed by atoms with Crippen LogP contribution in [-0.2, 0) is 11.3 Å². The van der Waals surface area contributed by atoms with Gasteiger partial charge in [0.25, 0.3) is 11.7 Å². The minimum absolute atomic E-state index is 0.412. The van der Waals surface area contributed by atoms with Gasteiger partial charge in [-0.25, -0.2) is 0 Å². The van der Waals surface area contributed by atoms with E-state index in [1.807, 2.05) is 24.3 Å². The lowest BCUT2D eigenvalue weighted by Crippen LogP contribution is -2.29. The molecule has 21 heavy (non-hydrogen) atoms. The summed E-state index contributed by atoms with van der Waals surface area (Å²) in [6.07, 6.45) is 0. The van der Waals surface area contributed by atoms with E-state index < -0.39 is 11.7 Å². The predicted molar refractivity (Wildman–Crippen MR) is 83.8 cm³/mol. The second-order valence-electron chi connectivity index (χ2n) is 4.99. The molecule has 102 valence electrons. The van der Waals surface area contributed by atoms with Gasteiger partial charge in [0.2, 0.25) is 0 Å². The molecule has 0 bridgehead atoms. The Balaban J connectivity index is 1.78. The summed E-state index contributed by atoms with van der Waals surface area (Å²) in [5, 5.41) is 3.20. The third kappa shape index (κ3) is 1.80. The van der Waals surface area contributed by atoms with E-state index >= 15 is 0 Å². The normalized spacial score (nSPS) is 14.0. The van der Waals surface area contributed by atoms with Crippen LogP contribution < -0.4 is 4.90 Å². The Bertz CT molecular complexity index is 881. The number of carbonyl (C=O) groups is 2. The van der Waals surface area contributed by atoms with Crippen molar-refractivity contribution in [3.05, 3.63) is 65.0 Å². The van der Waals surface area contributed by atoms with Crippen molar-refractivity contribution in [2.24, 2.45) is 0 Å². The van der Waals surface area contributed by atoms with E-state index in [2.05, 4.69) is 17.5 Å². The van der Waals surface area contributed by atoms with Gasteiger partial charge < -0.3 is 4.90 Å². The topological polar surface area (TPSA) is 37.4 Å². The monoisotopic (exact) mass is 293 g/mol. The van der Waals surface area contributed by atoms with Gasteiger partial charge in [-0.3, -0.25) is 9.59 Å². The van der Waals surface area contributed by atoms with E-state index in [-0.39, 0.29) is 0 Å². The van der Waals surface area contributed by atoms with Gasteiger partial charge in [-0.15, -0.1) is 11.3 Å². The average Bonchev–Trinajstić information content (AvgIpc) is 3.04. The number of amides is 1. The van der Waals surface area contributed by atoms with Crippen LogP contribution in [0.3, 0.4) is 0 Å². The number of Topliss-reactive ketones (excluding diaryl/α,β-unsaturated/α-hetero) is 1. The predicted octanol–water partition coefficient (Wildman–Crippen LogP) is 3.63. The number of para-hydroxylation sites is 1. The smallest absolute Gasteiger partial charge is 0.299 e. The molecule has 4 rings (SSSR count). The third-order valence-corrected chi connectivity index (χ3v) is 4.78. The summed E-state index contributed by atoms with van der Waals surface area (Å²) in [4.78, 5) is 25.8. The fraction of sp³-hybridized carbons (Fsp3) is 0.0588. The van der Waals surface area contributed by atoms with Crippen LogP contribution >= 0.6 is 11.3 Å². The Morgan fingerprint density at radius 1 is 0.952 bits per heavy atom. The van der Waals surface area contributed by atoms with Crippen LogP contribution in [0, 0.1) is 0 Å². The maximum Gasteiger partial charge on any atom is 0.299 e. The Morgan fingerprint density at radius 2 is 1.71 bits per heavy atom. The fourth-order valence-corrected chi connectivity index (χ4v) is 3.68. The van der Waals surface area contributed by atoms with Crippen molar-refractivity contribution < 1.29 is 9.59 Å². The van der Waals surface area contributed by atoms with Crippen molar-refractivity contribution in [3.8, 4) is 0 Å². The molecule has 0 fully saturated rings. The summed E-state index contributed by atoms with van der Waals surface area (Å²) in [6, 6.07) is 15.3. The van der Waals surface area contributed by atoms with Gasteiger partial charge >= 0.3 is 0 Å². The zero-order valence-electron chi connectivity index (χ0n) is 11.1. The van der Waals surface area contributed by atoms with Gasteiger partial charge in [0.15, 0.2) is 0 Å². The minimum atomic E-state index is -0.438. The maximum absolute atomic E-state index is 12.2. The van der Waals surface area contributed by atoms with Gasteiger partial charge in [0.05, 0.1) is 17.8 Å². The van der Waals surface area contributed by atoms with Crippen LogP contribution in [0.4, 0.5) is 5.69 Å². The quantitative estimate of drug-likeness (QED) is 0.677. The Hall–Kier alpha value is -2.46. The van der Waals surface area contributed by atoms with Crippen LogP contribution in [0.15, 0.2) is 53.9 Å². The molecule has 0 radical (unpaired) electrons. The Labute approximate surface area is 125 Å². The molecule has 2 heterocycles. The van der Waals surface area contributed by atoms with Crippen molar-refractivity contribution in [3.63, 3.8) is 0 Å². The number of ketones is 1. The highest BCUT2D eigenvalue weighted by Crippen LogP contribution is 2.33. The molecule has 0 N–H and O–H groups in total. The molecule has 0 unspecified atom stereocenters. The van der Waals surface area contributed by atoms with E-state index in [4.69, 9.17) is 0 Å². The van der Waals surface area contributed by atoms with Crippen molar-refractivity contribution in [1.82, 2.24) is 0 Å². The molecule has 1 aliphatic rings. The first-order valence-electron chi connectivity index (χ1n) is 6.66. The summed E-state index contributed by atoms with van der Waals surface area (Å²) < 4.78 is 1.19. The first-order valence-corrected chi connectivity index (χ1v) is 7.54. The van der Waals surface area contributed by atoms with Crippen molar-refractivity contribution >= 4 is 38.8 Å². The van der Waals surface area contributed by atoms with E-state index in [0.717, 1.165) is 10.9 Å². The number of fused-ring (bicyclic) bond motifs is 2. The molecular weight excluding hydrogens is 282 g/mol. The van der Waals surface area contributed by atoms with Gasteiger partial charge in [0, 0.05) is 4.70 Å². The standard InChI is InChI=1S/C17H11NO2S/c19-16-13-6-1-3-7-14(13)18(17(16)20)9-11-10-21-15-8-4-2-5-12(11)15/h1-8,10H,9H2. The summed E-state index contributed by atoms with van der Waals surface area (Å²) in [5.41, 5.74) is 2.29. The number of hydrogen-bond acceptors (Lipinski definition) is 3. The molecule has 3 nitrogen and oxygen atoms in total. The molecule has 0 spiro atoms. The average molecular weight is 293 g/mol. The third-order valence-electron chi connectivity index (χ3n) is 3.77. The van der Waals surface area contributed by atoms with E-state index in [1.54, 1.807) is 28.4 Å². The number of benzene rings is 2. The highest BCUT2D eigenvalue weighted by molar-refractivity contribution is 7.17. The molecule has 1 aromatic heterocycles. The van der Waals surface area contributed by atoms with Crippen LogP contribution in [0.5, 0.6) is 0 Å². The number of carbonyl (C=O) groups excluding carboxylic acids is 2. The summed E-state index contributed by atoms with van der Waals surface area (Å²) in [7, 11) is 0. The van der Waals surface area contributed by atoms with Crippen molar-refractivity contribution in [2.75, 3.05) is 4.90 Å². The molecule has 3 aromatic rings. The summed E-state index contributed by atoms with van der Waals surface area (Å²) in [6.45, 7) is 0.436. The zero-order valence-corrected chi connectivity index (χ0v) is 11.9. The fourth-order valence-electron chi connectivity index (χ4n) is 2.73. The van der Waals surface area contributed by atoms with E-state index in [1.165, 1.54) is 4.70 Å². The number of anilines is 1. The molecule has 4 heteroatoms. The van der Waals surface area contributed by atoms with Gasteiger partial charge in [-0.2, -0.15) is 0 Å². The first kappa shape index (κ1) is 12.3. The zero-order chi connectivity index (χ0) is 14.4. The van der Waals surface area contributed by atoms with Gasteiger partial charge in [-0.1, -0.05) is 30.3 Å². The number of rotatable bonds is 2. The van der Waals surface area contributed by atoms with Crippen molar-refractivity contribution in [2.45, 2.75) is 6.54 Å². The molecule has 0 atom stereocenters. The van der Waals surface area contributed by atoms with Crippen LogP contribution in [0.1, 0.15) is 15.9 Å². The summed E-state index contributed by atoms with van der Waals surface area (Å²) in [5.74, 6) is -0.850. The van der Waals surface area contributed by atoms with Crippen LogP contribution in [0.25, 0.3) is 10.1 Å². The highest BCUT2D eigenvalue weighted by atomic mass is 32.1. The van der Waals surface area contributed by atoms with Crippen LogP contribution in [0.2, 0.25) is 0 Å². The van der Waals surface area contributed by atoms with E-state index in [9.17, 15) is 9.59 Å². The molecule has 1 amide bonds. The van der Waals surface area contributed by atoms with Gasteiger partial charge in [0.1, 0.15) is 0 Å². The maximum atomic E-state index is 12.2. The van der Waals surface area contributed by atoms with E-state index in [0.29, 0.717) is 17.8 Å². The second-order valence-corrected chi connectivity index (χ2v) is 5.91. The second kappa shape index (κ2) is 4.53. The molecule has 2 aromatic carbocycles. The largest absolute Gasteiger partial charge is 0.300 e. The molecule has 0 saturated heterocycles. The number of nitrogens with zero attached hydrogens (tertiary/aromatic N) is 1. The Kier molecular flexibility index (Phi) is 2.65. The summed E-state index contributed by atoms with van der Waals surface area (Å²) >= 11 is 1.66. The highest BCUT2D eigenvalue weighted by Gasteiger charge is 2.35. The molecular formula is C17H11NO2S. The van der Waals surface area contributed by atoms with Crippen LogP contribution in [-0.4, -0.2) is 11.7 Å². The number of thiophene rings is 1. The Morgan fingerprint density at radius 3 is 2.62 bits per heavy atom. The lowest BCUT2D eigenvalue weighted by Gasteiger charge is -2.15. The first-order chi connectivity index (χ1) is 10.3. The molecule has 0 aliphatic carbocycles.